The number of carbonyl (C=O) groups excluding carboxylic acids is 1. The molecule has 0 bridgehead atoms. The van der Waals surface area contributed by atoms with Crippen LogP contribution in [0.3, 0.4) is 0 Å². The molecule has 0 saturated heterocycles. The summed E-state index contributed by atoms with van der Waals surface area (Å²) in [4.78, 5) is 23.0. The van der Waals surface area contributed by atoms with Crippen molar-refractivity contribution in [3.8, 4) is 0 Å². The maximum atomic E-state index is 12.0. The van der Waals surface area contributed by atoms with Crippen molar-refractivity contribution in [2.24, 2.45) is 5.92 Å². The van der Waals surface area contributed by atoms with Crippen LogP contribution in [0.1, 0.15) is 149 Å². The number of ether oxygens (including phenoxy) is 1. The summed E-state index contributed by atoms with van der Waals surface area (Å²) in [5.41, 5.74) is 0. The summed E-state index contributed by atoms with van der Waals surface area (Å²) in [6.07, 6.45) is 29.3. The van der Waals surface area contributed by atoms with Gasteiger partial charge in [-0.1, -0.05) is 122 Å². The van der Waals surface area contributed by atoms with Gasteiger partial charge in [0, 0.05) is 0 Å². The molecule has 0 aliphatic heterocycles. The van der Waals surface area contributed by atoms with Gasteiger partial charge in [0.2, 0.25) is 0 Å². The molecule has 0 aromatic heterocycles. The standard InChI is InChI=1S/C29H54O4/c1-3-5-6-7-8-9-10-11-12-13-14-15-16-17-18-19-20-21-22-23-24-27(26-28(30)31)29(32)33-25-4-2/h5-6,27H,3-4,7-26H2,1-2H3,(H,30,31)/b6-5+. The van der Waals surface area contributed by atoms with E-state index in [1.807, 2.05) is 6.92 Å². The third-order valence-corrected chi connectivity index (χ3v) is 6.28. The van der Waals surface area contributed by atoms with Gasteiger partial charge in [-0.2, -0.15) is 0 Å². The number of aliphatic carboxylic acids is 1. The highest BCUT2D eigenvalue weighted by atomic mass is 16.5. The van der Waals surface area contributed by atoms with E-state index in [9.17, 15) is 9.59 Å². The molecule has 0 aliphatic rings. The molecular weight excluding hydrogens is 412 g/mol. The summed E-state index contributed by atoms with van der Waals surface area (Å²) < 4.78 is 5.14. The molecule has 0 radical (unpaired) electrons. The minimum atomic E-state index is -0.917. The van der Waals surface area contributed by atoms with Gasteiger partial charge in [0.05, 0.1) is 18.9 Å². The van der Waals surface area contributed by atoms with Gasteiger partial charge in [0.25, 0.3) is 0 Å². The first-order chi connectivity index (χ1) is 16.1. The number of carboxylic acid groups (broad SMARTS) is 1. The summed E-state index contributed by atoms with van der Waals surface area (Å²) in [7, 11) is 0. The van der Waals surface area contributed by atoms with E-state index < -0.39 is 11.9 Å². The Hall–Kier alpha value is -1.32. The Morgan fingerprint density at radius 3 is 1.58 bits per heavy atom. The average molecular weight is 467 g/mol. The van der Waals surface area contributed by atoms with Crippen LogP contribution >= 0.6 is 0 Å². The molecule has 0 aliphatic carbocycles. The quantitative estimate of drug-likeness (QED) is 0.0828. The zero-order valence-electron chi connectivity index (χ0n) is 22.0. The average Bonchev–Trinajstić information content (AvgIpc) is 2.80. The predicted octanol–water partition coefficient (Wildman–Crippen LogP) is 9.02. The van der Waals surface area contributed by atoms with Crippen molar-refractivity contribution >= 4 is 11.9 Å². The van der Waals surface area contributed by atoms with Crippen LogP contribution in [0.2, 0.25) is 0 Å². The van der Waals surface area contributed by atoms with Gasteiger partial charge in [-0.05, 0) is 32.1 Å². The fourth-order valence-corrected chi connectivity index (χ4v) is 4.25. The predicted molar refractivity (Wildman–Crippen MR) is 140 cm³/mol. The van der Waals surface area contributed by atoms with E-state index in [1.165, 1.54) is 96.3 Å². The highest BCUT2D eigenvalue weighted by Crippen LogP contribution is 2.18. The maximum absolute atomic E-state index is 12.0. The van der Waals surface area contributed by atoms with Crippen LogP contribution < -0.4 is 0 Å². The van der Waals surface area contributed by atoms with Crippen molar-refractivity contribution in [2.45, 2.75) is 149 Å². The smallest absolute Gasteiger partial charge is 0.309 e. The Balaban J connectivity index is 3.40. The third kappa shape index (κ3) is 23.6. The van der Waals surface area contributed by atoms with E-state index in [4.69, 9.17) is 9.84 Å². The van der Waals surface area contributed by atoms with Gasteiger partial charge >= 0.3 is 11.9 Å². The normalized spacial score (nSPS) is 12.3. The van der Waals surface area contributed by atoms with Gasteiger partial charge in [-0.3, -0.25) is 9.59 Å². The van der Waals surface area contributed by atoms with E-state index in [0.29, 0.717) is 13.0 Å². The summed E-state index contributed by atoms with van der Waals surface area (Å²) in [5, 5.41) is 9.01. The molecule has 0 amide bonds. The Morgan fingerprint density at radius 1 is 0.697 bits per heavy atom. The Kier molecular flexibility index (Phi) is 24.3. The maximum Gasteiger partial charge on any atom is 0.309 e. The lowest BCUT2D eigenvalue weighted by Gasteiger charge is -2.13. The molecule has 0 aromatic rings. The lowest BCUT2D eigenvalue weighted by Crippen LogP contribution is -2.21. The number of esters is 1. The number of carbonyl (C=O) groups is 2. The van der Waals surface area contributed by atoms with E-state index >= 15 is 0 Å². The van der Waals surface area contributed by atoms with Crippen LogP contribution in [-0.4, -0.2) is 23.7 Å². The summed E-state index contributed by atoms with van der Waals surface area (Å²) in [6, 6.07) is 0. The number of allylic oxidation sites excluding steroid dienone is 2. The molecule has 1 N–H and O–H groups in total. The van der Waals surface area contributed by atoms with Crippen LogP contribution in [0.25, 0.3) is 0 Å². The van der Waals surface area contributed by atoms with E-state index in [1.54, 1.807) is 0 Å². The highest BCUT2D eigenvalue weighted by molar-refractivity contribution is 5.79. The second-order valence-electron chi connectivity index (χ2n) is 9.58. The van der Waals surface area contributed by atoms with Crippen molar-refractivity contribution in [3.05, 3.63) is 12.2 Å². The summed E-state index contributed by atoms with van der Waals surface area (Å²) >= 11 is 0. The minimum absolute atomic E-state index is 0.112. The summed E-state index contributed by atoms with van der Waals surface area (Å²) in [5.74, 6) is -1.74. The Labute approximate surface area is 204 Å². The largest absolute Gasteiger partial charge is 0.481 e. The fraction of sp³-hybridized carbons (Fsp3) is 0.862. The molecule has 33 heavy (non-hydrogen) atoms. The Bertz CT molecular complexity index is 472. The first-order valence-electron chi connectivity index (χ1n) is 14.1. The molecular formula is C29H54O4. The van der Waals surface area contributed by atoms with Gasteiger partial charge in [0.1, 0.15) is 0 Å². The molecule has 1 unspecified atom stereocenters. The second-order valence-corrected chi connectivity index (χ2v) is 9.58. The van der Waals surface area contributed by atoms with Gasteiger partial charge in [-0.25, -0.2) is 0 Å². The number of hydrogen-bond donors (Lipinski definition) is 1. The van der Waals surface area contributed by atoms with Crippen molar-refractivity contribution in [1.29, 1.82) is 0 Å². The van der Waals surface area contributed by atoms with Crippen LogP contribution in [0, 0.1) is 5.92 Å². The van der Waals surface area contributed by atoms with Crippen LogP contribution in [0.15, 0.2) is 12.2 Å². The number of hydrogen-bond acceptors (Lipinski definition) is 3. The van der Waals surface area contributed by atoms with E-state index in [2.05, 4.69) is 19.1 Å². The zero-order valence-corrected chi connectivity index (χ0v) is 22.0. The van der Waals surface area contributed by atoms with Crippen LogP contribution in [0.5, 0.6) is 0 Å². The molecule has 0 aromatic carbocycles. The molecule has 0 saturated carbocycles. The molecule has 0 rings (SSSR count). The van der Waals surface area contributed by atoms with Crippen molar-refractivity contribution < 1.29 is 19.4 Å². The van der Waals surface area contributed by atoms with Gasteiger partial charge < -0.3 is 9.84 Å². The molecule has 0 heterocycles. The first-order valence-corrected chi connectivity index (χ1v) is 14.1. The number of rotatable bonds is 25. The lowest BCUT2D eigenvalue weighted by molar-refractivity contribution is -0.153. The van der Waals surface area contributed by atoms with Crippen molar-refractivity contribution in [3.63, 3.8) is 0 Å². The lowest BCUT2D eigenvalue weighted by atomic mass is 9.97. The molecule has 0 fully saturated rings. The molecule has 1 atom stereocenters. The van der Waals surface area contributed by atoms with Crippen molar-refractivity contribution in [2.75, 3.05) is 6.61 Å². The third-order valence-electron chi connectivity index (χ3n) is 6.28. The SMILES string of the molecule is CC/C=C/CCCCCCCCCCCCCCCCCCC(CC(=O)O)C(=O)OCCC. The van der Waals surface area contributed by atoms with Crippen molar-refractivity contribution in [1.82, 2.24) is 0 Å². The molecule has 4 nitrogen and oxygen atoms in total. The van der Waals surface area contributed by atoms with E-state index in [0.717, 1.165) is 25.7 Å². The molecule has 4 heteroatoms. The fourth-order valence-electron chi connectivity index (χ4n) is 4.25. The second kappa shape index (κ2) is 25.3. The van der Waals surface area contributed by atoms with Crippen LogP contribution in [-0.2, 0) is 14.3 Å². The van der Waals surface area contributed by atoms with Crippen LogP contribution in [0.4, 0.5) is 0 Å². The first kappa shape index (κ1) is 31.7. The summed E-state index contributed by atoms with van der Waals surface area (Å²) in [6.45, 7) is 4.52. The van der Waals surface area contributed by atoms with Gasteiger partial charge in [0.15, 0.2) is 0 Å². The monoisotopic (exact) mass is 466 g/mol. The van der Waals surface area contributed by atoms with Gasteiger partial charge in [-0.15, -0.1) is 0 Å². The Morgan fingerprint density at radius 2 is 1.15 bits per heavy atom. The zero-order chi connectivity index (χ0) is 24.4. The molecule has 194 valence electrons. The number of carboxylic acids is 1. The highest BCUT2D eigenvalue weighted by Gasteiger charge is 2.22. The molecule has 0 spiro atoms. The topological polar surface area (TPSA) is 63.6 Å². The van der Waals surface area contributed by atoms with E-state index in [-0.39, 0.29) is 12.4 Å². The number of unbranched alkanes of at least 4 members (excludes halogenated alkanes) is 16. The minimum Gasteiger partial charge on any atom is -0.481 e.